The molecule has 2 rings (SSSR count). The summed E-state index contributed by atoms with van der Waals surface area (Å²) in [4.78, 5) is 4.19. The van der Waals surface area contributed by atoms with E-state index in [2.05, 4.69) is 21.7 Å². The highest BCUT2D eigenvalue weighted by Gasteiger charge is 2.21. The molecule has 1 aromatic rings. The zero-order valence-electron chi connectivity index (χ0n) is 6.82. The van der Waals surface area contributed by atoms with E-state index < -0.39 is 0 Å². The lowest BCUT2D eigenvalue weighted by Gasteiger charge is -2.26. The Morgan fingerprint density at radius 2 is 2.45 bits per heavy atom. The lowest BCUT2D eigenvalue weighted by molar-refractivity contribution is 0.281. The van der Waals surface area contributed by atoms with E-state index in [1.165, 1.54) is 19.3 Å². The molecule has 1 aliphatic carbocycles. The Morgan fingerprint density at radius 3 is 3.00 bits per heavy atom. The van der Waals surface area contributed by atoms with E-state index in [4.69, 9.17) is 0 Å². The van der Waals surface area contributed by atoms with Crippen LogP contribution in [0.4, 0.5) is 0 Å². The first-order valence-electron chi connectivity index (χ1n) is 4.30. The van der Waals surface area contributed by atoms with Crippen molar-refractivity contribution in [3.63, 3.8) is 0 Å². The summed E-state index contributed by atoms with van der Waals surface area (Å²) >= 11 is 0. The van der Waals surface area contributed by atoms with Crippen LogP contribution in [-0.4, -0.2) is 14.8 Å². The first kappa shape index (κ1) is 6.83. The second kappa shape index (κ2) is 2.64. The summed E-state index contributed by atoms with van der Waals surface area (Å²) in [5.74, 6) is 1.13. The Balaban J connectivity index is 2.20. The van der Waals surface area contributed by atoms with Crippen LogP contribution in [0.2, 0.25) is 0 Å². The summed E-state index contributed by atoms with van der Waals surface area (Å²) in [7, 11) is 0. The molecule has 3 heteroatoms. The molecule has 60 valence electrons. The maximum absolute atomic E-state index is 4.21. The molecule has 0 radical (unpaired) electrons. The van der Waals surface area contributed by atoms with E-state index in [9.17, 15) is 0 Å². The molecule has 0 unspecified atom stereocenters. The van der Waals surface area contributed by atoms with Crippen molar-refractivity contribution in [3.05, 3.63) is 12.2 Å². The van der Waals surface area contributed by atoms with Crippen LogP contribution in [0.15, 0.2) is 6.33 Å². The van der Waals surface area contributed by atoms with Crippen molar-refractivity contribution in [2.24, 2.45) is 0 Å². The smallest absolute Gasteiger partial charge is 0.138 e. The van der Waals surface area contributed by atoms with E-state index >= 15 is 0 Å². The van der Waals surface area contributed by atoms with Gasteiger partial charge >= 0.3 is 0 Å². The summed E-state index contributed by atoms with van der Waals surface area (Å²) in [5, 5.41) is 4.21. The zero-order chi connectivity index (χ0) is 7.68. The predicted octanol–water partition coefficient (Wildman–Crippen LogP) is 1.57. The maximum atomic E-state index is 4.21. The molecule has 0 aromatic carbocycles. The van der Waals surface area contributed by atoms with Crippen LogP contribution in [0.25, 0.3) is 0 Å². The molecule has 0 bridgehead atoms. The lowest BCUT2D eigenvalue weighted by atomic mass is 9.93. The first-order chi connectivity index (χ1) is 5.42. The van der Waals surface area contributed by atoms with E-state index in [1.807, 2.05) is 0 Å². The molecule has 0 N–H and O–H groups in total. The van der Waals surface area contributed by atoms with Crippen LogP contribution < -0.4 is 0 Å². The van der Waals surface area contributed by atoms with Crippen molar-refractivity contribution >= 4 is 0 Å². The summed E-state index contributed by atoms with van der Waals surface area (Å²) in [5.41, 5.74) is 0. The topological polar surface area (TPSA) is 30.7 Å². The monoisotopic (exact) mass is 151 g/mol. The molecular weight excluding hydrogens is 138 g/mol. The van der Waals surface area contributed by atoms with Gasteiger partial charge in [-0.05, 0) is 19.3 Å². The summed E-state index contributed by atoms with van der Waals surface area (Å²) in [6.45, 7) is 2.12. The minimum atomic E-state index is 0.660. The second-order valence-electron chi connectivity index (χ2n) is 3.06. The van der Waals surface area contributed by atoms with Gasteiger partial charge in [0.25, 0.3) is 0 Å². The highest BCUT2D eigenvalue weighted by Crippen LogP contribution is 2.31. The van der Waals surface area contributed by atoms with Gasteiger partial charge in [-0.1, -0.05) is 6.92 Å². The van der Waals surface area contributed by atoms with E-state index in [-0.39, 0.29) is 0 Å². The quantitative estimate of drug-likeness (QED) is 0.642. The summed E-state index contributed by atoms with van der Waals surface area (Å²) < 4.78 is 2.09. The van der Waals surface area contributed by atoms with Crippen molar-refractivity contribution in [1.29, 1.82) is 0 Å². The highest BCUT2D eigenvalue weighted by molar-refractivity contribution is 4.89. The fraction of sp³-hybridized carbons (Fsp3) is 0.750. The Hall–Kier alpha value is -0.860. The fourth-order valence-corrected chi connectivity index (χ4v) is 1.46. The summed E-state index contributed by atoms with van der Waals surface area (Å²) in [6.07, 6.45) is 6.59. The number of hydrogen-bond acceptors (Lipinski definition) is 2. The van der Waals surface area contributed by atoms with Crippen molar-refractivity contribution in [1.82, 2.24) is 14.8 Å². The Kier molecular flexibility index (Phi) is 1.64. The molecule has 1 aromatic heterocycles. The van der Waals surface area contributed by atoms with Crippen LogP contribution in [0, 0.1) is 0 Å². The summed E-state index contributed by atoms with van der Waals surface area (Å²) in [6, 6.07) is 0.660. The Labute approximate surface area is 66.4 Å². The molecule has 0 saturated heterocycles. The van der Waals surface area contributed by atoms with Gasteiger partial charge in [0.1, 0.15) is 12.2 Å². The second-order valence-corrected chi connectivity index (χ2v) is 3.06. The molecule has 1 heterocycles. The standard InChI is InChI=1S/C8H13N3/c1-2-8-9-6-10-11(8)7-4-3-5-7/h6-7H,2-5H2,1H3. The first-order valence-corrected chi connectivity index (χ1v) is 4.30. The van der Waals surface area contributed by atoms with Crippen LogP contribution in [0.1, 0.15) is 38.1 Å². The number of aryl methyl sites for hydroxylation is 1. The van der Waals surface area contributed by atoms with Crippen molar-refractivity contribution < 1.29 is 0 Å². The highest BCUT2D eigenvalue weighted by atomic mass is 15.4. The molecule has 0 aliphatic heterocycles. The third kappa shape index (κ3) is 1.04. The third-order valence-corrected chi connectivity index (χ3v) is 2.38. The van der Waals surface area contributed by atoms with Gasteiger partial charge in [0.2, 0.25) is 0 Å². The number of nitrogens with zero attached hydrogens (tertiary/aromatic N) is 3. The van der Waals surface area contributed by atoms with Crippen molar-refractivity contribution in [2.45, 2.75) is 38.6 Å². The van der Waals surface area contributed by atoms with Gasteiger partial charge in [0, 0.05) is 6.42 Å². The van der Waals surface area contributed by atoms with Gasteiger partial charge in [-0.3, -0.25) is 0 Å². The minimum absolute atomic E-state index is 0.660. The van der Waals surface area contributed by atoms with Crippen molar-refractivity contribution in [2.75, 3.05) is 0 Å². The average molecular weight is 151 g/mol. The van der Waals surface area contributed by atoms with Crippen LogP contribution in [0.5, 0.6) is 0 Å². The number of rotatable bonds is 2. The van der Waals surface area contributed by atoms with Gasteiger partial charge in [-0.15, -0.1) is 0 Å². The molecule has 11 heavy (non-hydrogen) atoms. The third-order valence-electron chi connectivity index (χ3n) is 2.38. The van der Waals surface area contributed by atoms with Gasteiger partial charge in [0.05, 0.1) is 6.04 Å². The number of hydrogen-bond donors (Lipinski definition) is 0. The van der Waals surface area contributed by atoms with Crippen LogP contribution >= 0.6 is 0 Å². The molecule has 1 saturated carbocycles. The Bertz CT molecular complexity index is 237. The largest absolute Gasteiger partial charge is 0.247 e. The van der Waals surface area contributed by atoms with Gasteiger partial charge in [-0.2, -0.15) is 5.10 Å². The van der Waals surface area contributed by atoms with Gasteiger partial charge in [0.15, 0.2) is 0 Å². The average Bonchev–Trinajstić information content (AvgIpc) is 2.32. The SMILES string of the molecule is CCc1ncnn1C1CCC1. The zero-order valence-corrected chi connectivity index (χ0v) is 6.82. The lowest BCUT2D eigenvalue weighted by Crippen LogP contribution is -2.20. The molecule has 0 atom stereocenters. The van der Waals surface area contributed by atoms with E-state index in [1.54, 1.807) is 6.33 Å². The van der Waals surface area contributed by atoms with E-state index in [0.717, 1.165) is 12.2 Å². The molecule has 1 aliphatic rings. The Morgan fingerprint density at radius 1 is 1.64 bits per heavy atom. The fourth-order valence-electron chi connectivity index (χ4n) is 1.46. The minimum Gasteiger partial charge on any atom is -0.247 e. The molecular formula is C8H13N3. The van der Waals surface area contributed by atoms with Gasteiger partial charge in [-0.25, -0.2) is 9.67 Å². The normalized spacial score (nSPS) is 18.3. The number of aromatic nitrogens is 3. The molecule has 1 fully saturated rings. The predicted molar refractivity (Wildman–Crippen MR) is 42.3 cm³/mol. The van der Waals surface area contributed by atoms with E-state index in [0.29, 0.717) is 6.04 Å². The molecule has 0 amide bonds. The molecule has 3 nitrogen and oxygen atoms in total. The molecule has 0 spiro atoms. The maximum Gasteiger partial charge on any atom is 0.138 e. The van der Waals surface area contributed by atoms with Crippen LogP contribution in [-0.2, 0) is 6.42 Å². The van der Waals surface area contributed by atoms with Gasteiger partial charge < -0.3 is 0 Å². The van der Waals surface area contributed by atoms with Crippen LogP contribution in [0.3, 0.4) is 0 Å². The van der Waals surface area contributed by atoms with Crippen molar-refractivity contribution in [3.8, 4) is 0 Å².